The number of hydrogen-bond acceptors (Lipinski definition) is 1. The zero-order chi connectivity index (χ0) is 7.28. The molecule has 0 radical (unpaired) electrons. The van der Waals surface area contributed by atoms with Gasteiger partial charge in [0.1, 0.15) is 13.3 Å². The van der Waals surface area contributed by atoms with Crippen LogP contribution in [0.4, 0.5) is 8.78 Å². The van der Waals surface area contributed by atoms with Gasteiger partial charge in [-0.05, 0) is 18.6 Å². The molecule has 0 aliphatic rings. The molecule has 1 N–H and O–H groups in total. The van der Waals surface area contributed by atoms with Crippen LogP contribution in [0.2, 0.25) is 0 Å². The van der Waals surface area contributed by atoms with Crippen LogP contribution in [0.3, 0.4) is 0 Å². The summed E-state index contributed by atoms with van der Waals surface area (Å²) in [5.74, 6) is 0. The minimum atomic E-state index is -0.817. The minimum absolute atomic E-state index is 0.146. The summed E-state index contributed by atoms with van der Waals surface area (Å²) in [6, 6.07) is 0. The number of rotatable bonds is 3. The van der Waals surface area contributed by atoms with Gasteiger partial charge in [-0.3, -0.25) is 0 Å². The van der Waals surface area contributed by atoms with Crippen LogP contribution in [-0.4, -0.2) is 19.1 Å². The summed E-state index contributed by atoms with van der Waals surface area (Å²) in [6.07, 6.45) is 1.18. The molecule has 9 heavy (non-hydrogen) atoms. The Morgan fingerprint density at radius 1 is 1.56 bits per heavy atom. The molecule has 0 saturated carbocycles. The van der Waals surface area contributed by atoms with Crippen molar-refractivity contribution in [1.29, 1.82) is 5.41 Å². The Bertz CT molecular complexity index is 129. The fraction of sp³-hybridized carbons (Fsp3) is 0.500. The molecule has 52 valence electrons. The fourth-order valence-electron chi connectivity index (χ4n) is 0.344. The predicted molar refractivity (Wildman–Crippen MR) is 33.4 cm³/mol. The number of halogens is 2. The lowest BCUT2D eigenvalue weighted by Crippen LogP contribution is -1.99. The van der Waals surface area contributed by atoms with Crippen LogP contribution in [0.1, 0.15) is 6.92 Å². The second-order valence-corrected chi connectivity index (χ2v) is 1.65. The molecule has 1 nitrogen and oxygen atoms in total. The third-order valence-corrected chi connectivity index (χ3v) is 0.993. The molecule has 0 heterocycles. The predicted octanol–water partition coefficient (Wildman–Crippen LogP) is 1.89. The van der Waals surface area contributed by atoms with Gasteiger partial charge < -0.3 is 5.41 Å². The third-order valence-electron chi connectivity index (χ3n) is 0.993. The van der Waals surface area contributed by atoms with Crippen molar-refractivity contribution in [3.63, 3.8) is 0 Å². The van der Waals surface area contributed by atoms with Crippen LogP contribution >= 0.6 is 0 Å². The second kappa shape index (κ2) is 4.18. The van der Waals surface area contributed by atoms with E-state index >= 15 is 0 Å². The molecule has 3 heteroatoms. The van der Waals surface area contributed by atoms with Crippen LogP contribution in [-0.2, 0) is 0 Å². The average Bonchev–Trinajstić information content (AvgIpc) is 1.87. The molecule has 0 aliphatic carbocycles. The zero-order valence-electron chi connectivity index (χ0n) is 5.25. The van der Waals surface area contributed by atoms with E-state index in [0.717, 1.165) is 0 Å². The molecule has 0 aromatic rings. The van der Waals surface area contributed by atoms with Gasteiger partial charge in [0.25, 0.3) is 0 Å². The van der Waals surface area contributed by atoms with E-state index in [1.165, 1.54) is 13.0 Å². The Labute approximate surface area is 52.9 Å². The van der Waals surface area contributed by atoms with Crippen LogP contribution in [0, 0.1) is 5.41 Å². The molecule has 0 spiro atoms. The fourth-order valence-corrected chi connectivity index (χ4v) is 0.344. The average molecular weight is 133 g/mol. The van der Waals surface area contributed by atoms with E-state index < -0.39 is 13.3 Å². The maximum atomic E-state index is 11.6. The Morgan fingerprint density at radius 2 is 2.11 bits per heavy atom. The highest BCUT2D eigenvalue weighted by Gasteiger charge is 1.95. The molecule has 0 unspecified atom stereocenters. The highest BCUT2D eigenvalue weighted by atomic mass is 19.1. The Balaban J connectivity index is 3.86. The Morgan fingerprint density at radius 3 is 2.44 bits per heavy atom. The normalized spacial score (nSPS) is 11.7. The molecule has 0 aromatic heterocycles. The van der Waals surface area contributed by atoms with E-state index in [-0.39, 0.29) is 5.71 Å². The maximum Gasteiger partial charge on any atom is 0.131 e. The van der Waals surface area contributed by atoms with Gasteiger partial charge in [0, 0.05) is 0 Å². The Kier molecular flexibility index (Phi) is 3.84. The monoisotopic (exact) mass is 133 g/mol. The first-order valence-electron chi connectivity index (χ1n) is 2.58. The van der Waals surface area contributed by atoms with Gasteiger partial charge >= 0.3 is 0 Å². The first kappa shape index (κ1) is 8.27. The van der Waals surface area contributed by atoms with E-state index in [4.69, 9.17) is 5.41 Å². The highest BCUT2D eigenvalue weighted by molar-refractivity contribution is 5.97. The summed E-state index contributed by atoms with van der Waals surface area (Å²) in [4.78, 5) is 0. The van der Waals surface area contributed by atoms with Gasteiger partial charge in [-0.2, -0.15) is 0 Å². The third kappa shape index (κ3) is 2.95. The molecule has 0 rings (SSSR count). The van der Waals surface area contributed by atoms with Crippen molar-refractivity contribution in [2.45, 2.75) is 6.92 Å². The van der Waals surface area contributed by atoms with Gasteiger partial charge in [0.05, 0.1) is 5.71 Å². The molecule has 0 amide bonds. The summed E-state index contributed by atoms with van der Waals surface area (Å²) in [5.41, 5.74) is 0.229. The lowest BCUT2D eigenvalue weighted by atomic mass is 10.2. The number of alkyl halides is 2. The Hall–Kier alpha value is -0.730. The summed E-state index contributed by atoms with van der Waals surface area (Å²) >= 11 is 0. The molecule has 0 aromatic carbocycles. The zero-order valence-corrected chi connectivity index (χ0v) is 5.25. The van der Waals surface area contributed by atoms with E-state index in [2.05, 4.69) is 0 Å². The molecular weight excluding hydrogens is 124 g/mol. The van der Waals surface area contributed by atoms with Gasteiger partial charge in [-0.1, -0.05) is 0 Å². The van der Waals surface area contributed by atoms with Gasteiger partial charge in [-0.15, -0.1) is 0 Å². The van der Waals surface area contributed by atoms with Crippen LogP contribution in [0.15, 0.2) is 11.6 Å². The molecule has 0 fully saturated rings. The summed E-state index contributed by atoms with van der Waals surface area (Å²) in [7, 11) is 0. The highest BCUT2D eigenvalue weighted by Crippen LogP contribution is 1.95. The van der Waals surface area contributed by atoms with Crippen molar-refractivity contribution >= 4 is 5.71 Å². The number of nitrogens with one attached hydrogen (secondary N) is 1. The van der Waals surface area contributed by atoms with Gasteiger partial charge in [0.2, 0.25) is 0 Å². The first-order chi connectivity index (χ1) is 4.22. The van der Waals surface area contributed by atoms with E-state index in [0.29, 0.717) is 5.57 Å². The van der Waals surface area contributed by atoms with Crippen molar-refractivity contribution in [2.24, 2.45) is 0 Å². The second-order valence-electron chi connectivity index (χ2n) is 1.65. The molecule has 0 atom stereocenters. The molecule has 0 bridgehead atoms. The molecular formula is C6H9F2N. The summed E-state index contributed by atoms with van der Waals surface area (Å²) in [6.45, 7) is 0.0675. The molecule has 0 saturated heterocycles. The van der Waals surface area contributed by atoms with Crippen LogP contribution < -0.4 is 0 Å². The number of allylic oxidation sites excluding steroid dienone is 2. The standard InChI is InChI=1S/C6H9F2N/c1-5(2-3-7)6(9)4-8/h2,9H,3-4H2,1H3/b5-2+,9-6?. The SMILES string of the molecule is C/C(=C\CF)C(=N)CF. The largest absolute Gasteiger partial charge is 0.302 e. The van der Waals surface area contributed by atoms with Crippen molar-refractivity contribution in [3.05, 3.63) is 11.6 Å². The quantitative estimate of drug-likeness (QED) is 0.568. The van der Waals surface area contributed by atoms with Crippen molar-refractivity contribution < 1.29 is 8.78 Å². The van der Waals surface area contributed by atoms with Gasteiger partial charge in [-0.25, -0.2) is 8.78 Å². The molecule has 0 aliphatic heterocycles. The smallest absolute Gasteiger partial charge is 0.131 e. The lowest BCUT2D eigenvalue weighted by Gasteiger charge is -1.94. The van der Waals surface area contributed by atoms with Crippen molar-refractivity contribution in [1.82, 2.24) is 0 Å². The summed E-state index contributed by atoms with van der Waals surface area (Å²) in [5, 5.41) is 6.84. The van der Waals surface area contributed by atoms with E-state index in [1.54, 1.807) is 0 Å². The van der Waals surface area contributed by atoms with E-state index in [9.17, 15) is 8.78 Å². The van der Waals surface area contributed by atoms with Crippen molar-refractivity contribution in [3.8, 4) is 0 Å². The van der Waals surface area contributed by atoms with E-state index in [1.807, 2.05) is 0 Å². The minimum Gasteiger partial charge on any atom is -0.302 e. The first-order valence-corrected chi connectivity index (χ1v) is 2.58. The van der Waals surface area contributed by atoms with Crippen LogP contribution in [0.25, 0.3) is 0 Å². The maximum absolute atomic E-state index is 11.6. The lowest BCUT2D eigenvalue weighted by molar-refractivity contribution is 0.559. The van der Waals surface area contributed by atoms with Crippen LogP contribution in [0.5, 0.6) is 0 Å². The topological polar surface area (TPSA) is 23.9 Å². The number of hydrogen-bond donors (Lipinski definition) is 1. The summed E-state index contributed by atoms with van der Waals surface area (Å²) < 4.78 is 23.0. The van der Waals surface area contributed by atoms with Gasteiger partial charge in [0.15, 0.2) is 0 Å². The van der Waals surface area contributed by atoms with Crippen molar-refractivity contribution in [2.75, 3.05) is 13.3 Å².